The van der Waals surface area contributed by atoms with Gasteiger partial charge >= 0.3 is 0 Å². The molecule has 3 heteroatoms. The van der Waals surface area contributed by atoms with Crippen molar-refractivity contribution >= 4 is 23.8 Å². The van der Waals surface area contributed by atoms with E-state index in [1.807, 2.05) is 30.3 Å². The van der Waals surface area contributed by atoms with E-state index in [1.165, 1.54) is 17.4 Å². The van der Waals surface area contributed by atoms with Gasteiger partial charge in [0.25, 0.3) is 0 Å². The molecule has 0 nitrogen and oxygen atoms in total. The molecule has 0 aromatic heterocycles. The highest BCUT2D eigenvalue weighted by molar-refractivity contribution is 8.08. The Morgan fingerprint density at radius 1 is 0.938 bits per heavy atom. The zero-order valence-electron chi connectivity index (χ0n) is 8.69. The minimum absolute atomic E-state index is 0.193. The normalized spacial score (nSPS) is 12.3. The molecule has 0 bridgehead atoms. The fraction of sp³-hybridized carbons (Fsp3) is 0.0769. The van der Waals surface area contributed by atoms with Crippen LogP contribution < -0.4 is 5.30 Å². The van der Waals surface area contributed by atoms with Crippen LogP contribution in [0.1, 0.15) is 5.56 Å². The van der Waals surface area contributed by atoms with Crippen LogP contribution in [-0.4, -0.2) is 0 Å². The summed E-state index contributed by atoms with van der Waals surface area (Å²) < 4.78 is 12.7. The zero-order valence-corrected chi connectivity index (χ0v) is 10.5. The van der Waals surface area contributed by atoms with Gasteiger partial charge in [-0.25, -0.2) is 4.39 Å². The lowest BCUT2D eigenvalue weighted by Crippen LogP contribution is -1.95. The van der Waals surface area contributed by atoms with Crippen molar-refractivity contribution in [1.29, 1.82) is 0 Å². The van der Waals surface area contributed by atoms with E-state index >= 15 is 0 Å². The Morgan fingerprint density at radius 3 is 2.19 bits per heavy atom. The quantitative estimate of drug-likeness (QED) is 0.753. The van der Waals surface area contributed by atoms with Crippen LogP contribution in [0, 0.1) is 5.82 Å². The first kappa shape index (κ1) is 11.5. The van der Waals surface area contributed by atoms with Gasteiger partial charge in [0.2, 0.25) is 0 Å². The van der Waals surface area contributed by atoms with Crippen molar-refractivity contribution in [1.82, 2.24) is 0 Å². The number of benzene rings is 2. The summed E-state index contributed by atoms with van der Waals surface area (Å²) in [6.07, 6.45) is 0.865. The second-order valence-corrected chi connectivity index (χ2v) is 6.85. The maximum atomic E-state index is 12.7. The van der Waals surface area contributed by atoms with E-state index < -0.39 is 6.70 Å². The second-order valence-electron chi connectivity index (χ2n) is 3.59. The fourth-order valence-electron chi connectivity index (χ4n) is 1.51. The molecule has 0 N–H and O–H groups in total. The first-order valence-electron chi connectivity index (χ1n) is 5.08. The largest absolute Gasteiger partial charge is 0.207 e. The fourth-order valence-corrected chi connectivity index (χ4v) is 3.80. The lowest BCUT2D eigenvalue weighted by molar-refractivity contribution is 0.627. The van der Waals surface area contributed by atoms with Crippen molar-refractivity contribution < 1.29 is 4.39 Å². The molecular weight excluding hydrogens is 238 g/mol. The highest BCUT2D eigenvalue weighted by Crippen LogP contribution is 2.26. The van der Waals surface area contributed by atoms with Crippen LogP contribution in [0.4, 0.5) is 4.39 Å². The molecule has 0 heterocycles. The molecule has 16 heavy (non-hydrogen) atoms. The molecule has 0 amide bonds. The summed E-state index contributed by atoms with van der Waals surface area (Å²) in [6.45, 7) is -0.971. The third kappa shape index (κ3) is 3.01. The van der Waals surface area contributed by atoms with Crippen LogP contribution in [0.3, 0.4) is 0 Å². The Kier molecular flexibility index (Phi) is 3.87. The molecule has 0 saturated carbocycles. The van der Waals surface area contributed by atoms with E-state index in [-0.39, 0.29) is 5.82 Å². The first-order chi connectivity index (χ1) is 7.75. The Bertz CT molecular complexity index is 479. The van der Waals surface area contributed by atoms with Crippen LogP contribution in [0.25, 0.3) is 0 Å². The number of hydrogen-bond donors (Lipinski definition) is 0. The van der Waals surface area contributed by atoms with E-state index in [1.54, 1.807) is 0 Å². The summed E-state index contributed by atoms with van der Waals surface area (Å²) in [5.41, 5.74) is 1.12. The van der Waals surface area contributed by atoms with Crippen molar-refractivity contribution in [3.8, 4) is 0 Å². The van der Waals surface area contributed by atoms with Gasteiger partial charge in [0.15, 0.2) is 0 Å². The van der Waals surface area contributed by atoms with Crippen LogP contribution >= 0.6 is 6.70 Å². The standard InChI is InChI=1S/C13H12FPS/c14-12-8-6-11(7-9-12)10-15(16)13-4-2-1-3-5-13/h1-9,15H,10H2. The molecule has 0 aliphatic heterocycles. The van der Waals surface area contributed by atoms with Crippen molar-refractivity contribution in [2.45, 2.75) is 6.16 Å². The van der Waals surface area contributed by atoms with Gasteiger partial charge in [-0.2, -0.15) is 0 Å². The van der Waals surface area contributed by atoms with Crippen LogP contribution in [0.5, 0.6) is 0 Å². The topological polar surface area (TPSA) is 0 Å². The average Bonchev–Trinajstić information content (AvgIpc) is 2.33. The second kappa shape index (κ2) is 5.38. The van der Waals surface area contributed by atoms with Gasteiger partial charge in [-0.05, 0) is 29.7 Å². The molecule has 0 saturated heterocycles. The highest BCUT2D eigenvalue weighted by Gasteiger charge is 2.00. The number of hydrogen-bond acceptors (Lipinski definition) is 1. The third-order valence-electron chi connectivity index (χ3n) is 2.37. The predicted molar refractivity (Wildman–Crippen MR) is 71.9 cm³/mol. The van der Waals surface area contributed by atoms with Gasteiger partial charge in [0.1, 0.15) is 5.82 Å². The minimum Gasteiger partial charge on any atom is -0.207 e. The average molecular weight is 250 g/mol. The van der Waals surface area contributed by atoms with E-state index in [0.717, 1.165) is 11.7 Å². The predicted octanol–water partition coefficient (Wildman–Crippen LogP) is 3.33. The molecule has 2 aromatic carbocycles. The molecule has 0 fully saturated rings. The molecule has 2 aromatic rings. The lowest BCUT2D eigenvalue weighted by atomic mass is 10.2. The Labute approximate surface area is 101 Å². The van der Waals surface area contributed by atoms with Gasteiger partial charge in [-0.3, -0.25) is 0 Å². The molecular formula is C13H12FPS. The van der Waals surface area contributed by atoms with E-state index in [4.69, 9.17) is 11.8 Å². The van der Waals surface area contributed by atoms with Crippen LogP contribution in [0.2, 0.25) is 0 Å². The van der Waals surface area contributed by atoms with Gasteiger partial charge in [-0.15, -0.1) is 0 Å². The van der Waals surface area contributed by atoms with Crippen LogP contribution in [-0.2, 0) is 18.0 Å². The summed E-state index contributed by atoms with van der Waals surface area (Å²) in [4.78, 5) is 0. The highest BCUT2D eigenvalue weighted by atomic mass is 32.4. The monoisotopic (exact) mass is 250 g/mol. The molecule has 0 radical (unpaired) electrons. The van der Waals surface area contributed by atoms with Gasteiger partial charge in [-0.1, -0.05) is 54.3 Å². The molecule has 82 valence electrons. The Balaban J connectivity index is 2.11. The van der Waals surface area contributed by atoms with Gasteiger partial charge in [0.05, 0.1) is 0 Å². The van der Waals surface area contributed by atoms with E-state index in [0.29, 0.717) is 0 Å². The maximum Gasteiger partial charge on any atom is 0.123 e. The lowest BCUT2D eigenvalue weighted by Gasteiger charge is -2.05. The summed E-state index contributed by atoms with van der Waals surface area (Å²) in [5.74, 6) is -0.193. The molecule has 0 aliphatic rings. The number of rotatable bonds is 3. The minimum atomic E-state index is -0.971. The summed E-state index contributed by atoms with van der Waals surface area (Å²) in [5, 5.41) is 1.24. The maximum absolute atomic E-state index is 12.7. The first-order valence-corrected chi connectivity index (χ1v) is 7.92. The van der Waals surface area contributed by atoms with Crippen molar-refractivity contribution in [2.24, 2.45) is 0 Å². The third-order valence-corrected chi connectivity index (χ3v) is 5.22. The van der Waals surface area contributed by atoms with Gasteiger partial charge < -0.3 is 0 Å². The molecule has 0 aliphatic carbocycles. The summed E-state index contributed by atoms with van der Waals surface area (Å²) >= 11 is 5.53. The molecule has 1 unspecified atom stereocenters. The Hall–Kier alpha value is -0.980. The van der Waals surface area contributed by atoms with E-state index in [9.17, 15) is 4.39 Å². The van der Waals surface area contributed by atoms with E-state index in [2.05, 4.69) is 12.1 Å². The Morgan fingerprint density at radius 2 is 1.56 bits per heavy atom. The molecule has 2 rings (SSSR count). The van der Waals surface area contributed by atoms with Crippen LogP contribution in [0.15, 0.2) is 54.6 Å². The SMILES string of the molecule is Fc1ccc(C[PH](=S)c2ccccc2)cc1. The summed E-state index contributed by atoms with van der Waals surface area (Å²) in [7, 11) is 0. The van der Waals surface area contributed by atoms with Crippen molar-refractivity contribution in [3.63, 3.8) is 0 Å². The molecule has 1 atom stereocenters. The van der Waals surface area contributed by atoms with Crippen molar-refractivity contribution in [2.75, 3.05) is 0 Å². The number of halogens is 1. The summed E-state index contributed by atoms with van der Waals surface area (Å²) in [6, 6.07) is 16.8. The molecule has 0 spiro atoms. The van der Waals surface area contributed by atoms with Gasteiger partial charge in [0, 0.05) is 6.16 Å². The van der Waals surface area contributed by atoms with Crippen molar-refractivity contribution in [3.05, 3.63) is 66.0 Å². The smallest absolute Gasteiger partial charge is 0.123 e. The zero-order chi connectivity index (χ0) is 11.4.